The second-order valence-corrected chi connectivity index (χ2v) is 4.90. The van der Waals surface area contributed by atoms with Crippen LogP contribution in [0.15, 0.2) is 24.3 Å². The molecule has 1 fully saturated rings. The van der Waals surface area contributed by atoms with Gasteiger partial charge in [-0.1, -0.05) is 12.1 Å². The number of benzene rings is 1. The summed E-state index contributed by atoms with van der Waals surface area (Å²) >= 11 is 0. The number of nitriles is 1. The van der Waals surface area contributed by atoms with Crippen molar-refractivity contribution in [2.45, 2.75) is 12.2 Å². The minimum atomic E-state index is -1.38. The Morgan fingerprint density at radius 1 is 1.11 bits per heavy atom. The van der Waals surface area contributed by atoms with Crippen LogP contribution in [-0.4, -0.2) is 54.4 Å². The van der Waals surface area contributed by atoms with E-state index in [1.807, 2.05) is 12.1 Å². The summed E-state index contributed by atoms with van der Waals surface area (Å²) in [5.41, 5.74) is 1.67. The Hall–Kier alpha value is -1.61. The maximum Gasteiger partial charge on any atom is 0.170 e. The molecule has 0 bridgehead atoms. The highest BCUT2D eigenvalue weighted by Crippen LogP contribution is 2.22. The molecule has 0 amide bonds. The fraction of sp³-hybridized carbons (Fsp3) is 0.500. The van der Waals surface area contributed by atoms with E-state index in [0.717, 1.165) is 31.9 Å². The lowest BCUT2D eigenvalue weighted by molar-refractivity contribution is 0.0528. The van der Waals surface area contributed by atoms with Crippen LogP contribution in [0.2, 0.25) is 0 Å². The third-order valence-electron chi connectivity index (χ3n) is 3.53. The van der Waals surface area contributed by atoms with Crippen LogP contribution in [0.25, 0.3) is 0 Å². The van der Waals surface area contributed by atoms with E-state index in [9.17, 15) is 10.2 Å². The van der Waals surface area contributed by atoms with Gasteiger partial charge in [-0.05, 0) is 24.7 Å². The molecule has 1 aliphatic heterocycles. The van der Waals surface area contributed by atoms with E-state index in [2.05, 4.69) is 16.8 Å². The number of hydrogen-bond acceptors (Lipinski definition) is 5. The molecule has 5 nitrogen and oxygen atoms in total. The first-order valence-corrected chi connectivity index (χ1v) is 6.41. The number of hydrogen-bond donors (Lipinski definition) is 2. The maximum absolute atomic E-state index is 9.73. The van der Waals surface area contributed by atoms with Gasteiger partial charge in [-0.25, -0.2) is 0 Å². The molecule has 0 aliphatic carbocycles. The second kappa shape index (κ2) is 6.02. The molecule has 19 heavy (non-hydrogen) atoms. The summed E-state index contributed by atoms with van der Waals surface area (Å²) in [5.74, 6) is 0. The quantitative estimate of drug-likeness (QED) is 0.769. The molecule has 1 heterocycles. The predicted octanol–water partition coefficient (Wildman–Crippen LogP) is 0.356. The number of aliphatic hydroxyl groups is 2. The SMILES string of the molecule is CN1CCN(c2ccc(C(O)C(O)C#N)cc2)CC1. The third-order valence-corrected chi connectivity index (χ3v) is 3.53. The van der Waals surface area contributed by atoms with Crippen molar-refractivity contribution >= 4 is 5.69 Å². The minimum absolute atomic E-state index is 0.562. The molecule has 1 saturated heterocycles. The van der Waals surface area contributed by atoms with Gasteiger partial charge in [0.2, 0.25) is 0 Å². The minimum Gasteiger partial charge on any atom is -0.385 e. The Bertz CT molecular complexity index is 447. The lowest BCUT2D eigenvalue weighted by atomic mass is 10.0. The molecule has 5 heteroatoms. The fourth-order valence-electron chi connectivity index (χ4n) is 2.20. The molecule has 2 rings (SSSR count). The fourth-order valence-corrected chi connectivity index (χ4v) is 2.20. The first kappa shape index (κ1) is 13.8. The average molecular weight is 261 g/mol. The molecule has 1 aromatic carbocycles. The van der Waals surface area contributed by atoms with Crippen molar-refractivity contribution in [2.24, 2.45) is 0 Å². The molecule has 1 aromatic rings. The highest BCUT2D eigenvalue weighted by molar-refractivity contribution is 5.48. The molecule has 2 atom stereocenters. The number of likely N-dealkylation sites (N-methyl/N-ethyl adjacent to an activating group) is 1. The summed E-state index contributed by atoms with van der Waals surface area (Å²) in [6.45, 7) is 4.05. The van der Waals surface area contributed by atoms with Crippen molar-refractivity contribution in [1.82, 2.24) is 4.90 Å². The van der Waals surface area contributed by atoms with Crippen LogP contribution >= 0.6 is 0 Å². The summed E-state index contributed by atoms with van der Waals surface area (Å²) in [4.78, 5) is 4.58. The maximum atomic E-state index is 9.73. The summed E-state index contributed by atoms with van der Waals surface area (Å²) in [6.07, 6.45) is -2.53. The molecule has 2 N–H and O–H groups in total. The standard InChI is InChI=1S/C14H19N3O2/c1-16-6-8-17(9-7-16)12-4-2-11(3-5-12)14(19)13(18)10-15/h2-5,13-14,18-19H,6-9H2,1H3. The average Bonchev–Trinajstić information content (AvgIpc) is 2.46. The van der Waals surface area contributed by atoms with E-state index < -0.39 is 12.2 Å². The van der Waals surface area contributed by atoms with Crippen LogP contribution < -0.4 is 4.90 Å². The summed E-state index contributed by atoms with van der Waals surface area (Å²) in [5, 5.41) is 27.6. The zero-order valence-electron chi connectivity index (χ0n) is 11.0. The van der Waals surface area contributed by atoms with Crippen LogP contribution in [0.5, 0.6) is 0 Å². The van der Waals surface area contributed by atoms with Gasteiger partial charge in [-0.3, -0.25) is 0 Å². The third kappa shape index (κ3) is 3.24. The van der Waals surface area contributed by atoms with Crippen molar-refractivity contribution in [3.63, 3.8) is 0 Å². The van der Waals surface area contributed by atoms with E-state index >= 15 is 0 Å². The molecule has 0 saturated carbocycles. The van der Waals surface area contributed by atoms with Gasteiger partial charge in [0, 0.05) is 31.9 Å². The topological polar surface area (TPSA) is 70.7 Å². The van der Waals surface area contributed by atoms with Crippen molar-refractivity contribution in [1.29, 1.82) is 5.26 Å². The Morgan fingerprint density at radius 2 is 1.68 bits per heavy atom. The van der Waals surface area contributed by atoms with E-state index in [1.165, 1.54) is 0 Å². The lowest BCUT2D eigenvalue weighted by Gasteiger charge is -2.34. The zero-order chi connectivity index (χ0) is 13.8. The Balaban J connectivity index is 2.04. The van der Waals surface area contributed by atoms with Crippen molar-refractivity contribution in [3.05, 3.63) is 29.8 Å². The molecule has 1 aliphatic rings. The van der Waals surface area contributed by atoms with E-state index in [1.54, 1.807) is 18.2 Å². The van der Waals surface area contributed by atoms with Gasteiger partial charge in [0.15, 0.2) is 6.10 Å². The number of anilines is 1. The molecule has 102 valence electrons. The number of rotatable bonds is 3. The van der Waals surface area contributed by atoms with Crippen LogP contribution in [0, 0.1) is 11.3 Å². The van der Waals surface area contributed by atoms with Gasteiger partial charge < -0.3 is 20.0 Å². The lowest BCUT2D eigenvalue weighted by Crippen LogP contribution is -2.44. The number of nitrogens with zero attached hydrogens (tertiary/aromatic N) is 3. The van der Waals surface area contributed by atoms with Gasteiger partial charge in [-0.15, -0.1) is 0 Å². The van der Waals surface area contributed by atoms with E-state index in [0.29, 0.717) is 5.56 Å². The summed E-state index contributed by atoms with van der Waals surface area (Å²) in [7, 11) is 2.11. The molecule has 0 spiro atoms. The summed E-state index contributed by atoms with van der Waals surface area (Å²) in [6, 6.07) is 9.01. The largest absolute Gasteiger partial charge is 0.385 e. The Kier molecular flexibility index (Phi) is 4.38. The molecule has 2 unspecified atom stereocenters. The molecule has 0 radical (unpaired) electrons. The zero-order valence-corrected chi connectivity index (χ0v) is 11.0. The van der Waals surface area contributed by atoms with Crippen LogP contribution in [0.1, 0.15) is 11.7 Å². The molecular weight excluding hydrogens is 242 g/mol. The monoisotopic (exact) mass is 261 g/mol. The highest BCUT2D eigenvalue weighted by Gasteiger charge is 2.18. The van der Waals surface area contributed by atoms with E-state index in [-0.39, 0.29) is 0 Å². The smallest absolute Gasteiger partial charge is 0.170 e. The van der Waals surface area contributed by atoms with Gasteiger partial charge in [0.25, 0.3) is 0 Å². The summed E-state index contributed by atoms with van der Waals surface area (Å²) < 4.78 is 0. The van der Waals surface area contributed by atoms with Gasteiger partial charge in [0.05, 0.1) is 6.07 Å². The molecular formula is C14H19N3O2. The normalized spacial score (nSPS) is 19.8. The van der Waals surface area contributed by atoms with Gasteiger partial charge in [0.1, 0.15) is 6.10 Å². The van der Waals surface area contributed by atoms with Crippen LogP contribution in [0.3, 0.4) is 0 Å². The van der Waals surface area contributed by atoms with E-state index in [4.69, 9.17) is 5.26 Å². The van der Waals surface area contributed by atoms with Gasteiger partial charge in [-0.2, -0.15) is 5.26 Å². The number of aliphatic hydroxyl groups excluding tert-OH is 2. The Morgan fingerprint density at radius 3 is 2.21 bits per heavy atom. The van der Waals surface area contributed by atoms with Crippen LogP contribution in [-0.2, 0) is 0 Å². The second-order valence-electron chi connectivity index (χ2n) is 4.90. The predicted molar refractivity (Wildman–Crippen MR) is 72.7 cm³/mol. The Labute approximate surface area is 113 Å². The first-order valence-electron chi connectivity index (χ1n) is 6.41. The first-order chi connectivity index (χ1) is 9.11. The van der Waals surface area contributed by atoms with Crippen molar-refractivity contribution < 1.29 is 10.2 Å². The van der Waals surface area contributed by atoms with Gasteiger partial charge >= 0.3 is 0 Å². The molecule has 0 aromatic heterocycles. The number of piperazine rings is 1. The van der Waals surface area contributed by atoms with Crippen LogP contribution in [0.4, 0.5) is 5.69 Å². The van der Waals surface area contributed by atoms with Crippen molar-refractivity contribution in [2.75, 3.05) is 38.1 Å². The highest BCUT2D eigenvalue weighted by atomic mass is 16.3. The van der Waals surface area contributed by atoms with Crippen molar-refractivity contribution in [3.8, 4) is 6.07 Å².